The molecule has 3 rings (SSSR count). The molecule has 1 saturated carbocycles. The number of carbonyl (C=O) groups is 1. The van der Waals surface area contributed by atoms with Crippen molar-refractivity contribution in [2.75, 3.05) is 7.11 Å². The molecule has 0 radical (unpaired) electrons. The lowest BCUT2D eigenvalue weighted by atomic mass is 9.82. The van der Waals surface area contributed by atoms with E-state index < -0.39 is 0 Å². The highest BCUT2D eigenvalue weighted by Crippen LogP contribution is 2.34. The van der Waals surface area contributed by atoms with Crippen molar-refractivity contribution < 1.29 is 18.7 Å². The van der Waals surface area contributed by atoms with Gasteiger partial charge in [0, 0.05) is 5.39 Å². The number of fused-ring (bicyclic) bond motifs is 1. The molecule has 1 aromatic carbocycles. The van der Waals surface area contributed by atoms with Crippen LogP contribution in [0.4, 0.5) is 4.39 Å². The van der Waals surface area contributed by atoms with Gasteiger partial charge in [-0.1, -0.05) is 12.1 Å². The molecule has 1 aliphatic rings. The number of para-hydroxylation sites is 1. The van der Waals surface area contributed by atoms with Crippen LogP contribution in [-0.2, 0) is 9.53 Å². The van der Waals surface area contributed by atoms with E-state index in [1.165, 1.54) is 19.4 Å². The summed E-state index contributed by atoms with van der Waals surface area (Å²) in [6, 6.07) is 6.82. The molecule has 0 bridgehead atoms. The van der Waals surface area contributed by atoms with Crippen molar-refractivity contribution in [3.63, 3.8) is 0 Å². The maximum atomic E-state index is 13.1. The van der Waals surface area contributed by atoms with Crippen LogP contribution in [0.2, 0.25) is 0 Å². The van der Waals surface area contributed by atoms with Crippen LogP contribution in [0.1, 0.15) is 12.8 Å². The number of hydrogen-bond donors (Lipinski definition) is 0. The van der Waals surface area contributed by atoms with Crippen molar-refractivity contribution in [2.24, 2.45) is 5.92 Å². The van der Waals surface area contributed by atoms with Crippen molar-refractivity contribution in [3.05, 3.63) is 36.3 Å². The summed E-state index contributed by atoms with van der Waals surface area (Å²) in [6.45, 7) is 0. The third kappa shape index (κ3) is 2.31. The summed E-state index contributed by atoms with van der Waals surface area (Å²) in [5.41, 5.74) is 0.635. The summed E-state index contributed by atoms with van der Waals surface area (Å²) in [4.78, 5) is 15.4. The van der Waals surface area contributed by atoms with Gasteiger partial charge < -0.3 is 9.47 Å². The number of benzene rings is 1. The van der Waals surface area contributed by atoms with Gasteiger partial charge in [0.05, 0.1) is 19.2 Å². The Morgan fingerprint density at radius 3 is 2.95 bits per heavy atom. The van der Waals surface area contributed by atoms with Gasteiger partial charge in [0.2, 0.25) is 0 Å². The van der Waals surface area contributed by atoms with Gasteiger partial charge in [-0.15, -0.1) is 0 Å². The van der Waals surface area contributed by atoms with E-state index in [0.717, 1.165) is 0 Å². The number of carbonyl (C=O) groups excluding carboxylic acids is 1. The minimum atomic E-state index is -0.371. The summed E-state index contributed by atoms with van der Waals surface area (Å²) in [7, 11) is 1.39. The first-order valence-corrected chi connectivity index (χ1v) is 6.46. The molecule has 20 heavy (non-hydrogen) atoms. The molecule has 5 heteroatoms. The number of esters is 1. The van der Waals surface area contributed by atoms with E-state index >= 15 is 0 Å². The normalized spacial score (nSPS) is 21.3. The molecule has 0 aliphatic heterocycles. The van der Waals surface area contributed by atoms with E-state index in [0.29, 0.717) is 29.5 Å². The SMILES string of the molecule is COC(=O)C1CC(Oc2cccc3cc(F)cnc23)C1. The van der Waals surface area contributed by atoms with Gasteiger partial charge in [0.15, 0.2) is 0 Å². The first-order valence-electron chi connectivity index (χ1n) is 6.46. The molecule has 1 aromatic heterocycles. The number of hydrogen-bond acceptors (Lipinski definition) is 4. The third-order valence-corrected chi connectivity index (χ3v) is 3.56. The Kier molecular flexibility index (Phi) is 3.26. The molecule has 0 saturated heterocycles. The molecular weight excluding hydrogens is 261 g/mol. The van der Waals surface area contributed by atoms with Gasteiger partial charge in [-0.05, 0) is 25.0 Å². The van der Waals surface area contributed by atoms with E-state index in [9.17, 15) is 9.18 Å². The largest absolute Gasteiger partial charge is 0.488 e. The minimum Gasteiger partial charge on any atom is -0.488 e. The Labute approximate surface area is 115 Å². The standard InChI is InChI=1S/C15H14FNO3/c1-19-15(18)10-6-12(7-10)20-13-4-2-3-9-5-11(16)8-17-14(9)13/h2-5,8,10,12H,6-7H2,1H3. The highest BCUT2D eigenvalue weighted by atomic mass is 19.1. The van der Waals surface area contributed by atoms with Gasteiger partial charge in [-0.25, -0.2) is 9.37 Å². The number of ether oxygens (including phenoxy) is 2. The van der Waals surface area contributed by atoms with Crippen LogP contribution in [0.25, 0.3) is 10.9 Å². The Hall–Kier alpha value is -2.17. The van der Waals surface area contributed by atoms with E-state index in [2.05, 4.69) is 9.72 Å². The quantitative estimate of drug-likeness (QED) is 0.808. The maximum absolute atomic E-state index is 13.1. The molecule has 1 heterocycles. The first-order chi connectivity index (χ1) is 9.67. The van der Waals surface area contributed by atoms with Crippen LogP contribution in [0.3, 0.4) is 0 Å². The van der Waals surface area contributed by atoms with Crippen LogP contribution < -0.4 is 4.74 Å². The van der Waals surface area contributed by atoms with Crippen molar-refractivity contribution >= 4 is 16.9 Å². The lowest BCUT2D eigenvalue weighted by Crippen LogP contribution is -2.38. The molecule has 0 unspecified atom stereocenters. The van der Waals surface area contributed by atoms with Crippen LogP contribution in [-0.4, -0.2) is 24.2 Å². The number of halogens is 1. The molecule has 1 fully saturated rings. The maximum Gasteiger partial charge on any atom is 0.308 e. The zero-order valence-electron chi connectivity index (χ0n) is 11.0. The average Bonchev–Trinajstić information content (AvgIpc) is 2.41. The minimum absolute atomic E-state index is 0.0171. The number of rotatable bonds is 3. The lowest BCUT2D eigenvalue weighted by Gasteiger charge is -2.33. The third-order valence-electron chi connectivity index (χ3n) is 3.56. The fourth-order valence-corrected chi connectivity index (χ4v) is 2.40. The van der Waals surface area contributed by atoms with Gasteiger partial charge >= 0.3 is 5.97 Å². The summed E-state index contributed by atoms with van der Waals surface area (Å²) in [6.07, 6.45) is 2.44. The zero-order chi connectivity index (χ0) is 14.1. The van der Waals surface area contributed by atoms with Crippen LogP contribution in [0.15, 0.2) is 30.5 Å². The Balaban J connectivity index is 1.75. The number of pyridine rings is 1. The fourth-order valence-electron chi connectivity index (χ4n) is 2.40. The van der Waals surface area contributed by atoms with E-state index in [1.807, 2.05) is 0 Å². The number of nitrogens with zero attached hydrogens (tertiary/aromatic N) is 1. The predicted octanol–water partition coefficient (Wildman–Crippen LogP) is 2.70. The van der Waals surface area contributed by atoms with Gasteiger partial charge in [-0.2, -0.15) is 0 Å². The van der Waals surface area contributed by atoms with E-state index in [1.54, 1.807) is 18.2 Å². The number of methoxy groups -OCH3 is 1. The monoisotopic (exact) mass is 275 g/mol. The van der Waals surface area contributed by atoms with E-state index in [4.69, 9.17) is 4.74 Å². The van der Waals surface area contributed by atoms with Crippen molar-refractivity contribution in [2.45, 2.75) is 18.9 Å². The highest BCUT2D eigenvalue weighted by molar-refractivity contribution is 5.84. The average molecular weight is 275 g/mol. The van der Waals surface area contributed by atoms with Gasteiger partial charge in [-0.3, -0.25) is 4.79 Å². The molecule has 0 spiro atoms. The summed E-state index contributed by atoms with van der Waals surface area (Å²) in [5.74, 6) is -0.0202. The lowest BCUT2D eigenvalue weighted by molar-refractivity contribution is -0.151. The second kappa shape index (κ2) is 5.07. The second-order valence-electron chi connectivity index (χ2n) is 4.91. The zero-order valence-corrected chi connectivity index (χ0v) is 11.0. The highest BCUT2D eigenvalue weighted by Gasteiger charge is 2.37. The van der Waals surface area contributed by atoms with E-state index in [-0.39, 0.29) is 23.8 Å². The molecular formula is C15H14FNO3. The van der Waals surface area contributed by atoms with Crippen LogP contribution in [0, 0.1) is 11.7 Å². The first kappa shape index (κ1) is 12.8. The van der Waals surface area contributed by atoms with Crippen LogP contribution in [0.5, 0.6) is 5.75 Å². The smallest absolute Gasteiger partial charge is 0.308 e. The summed E-state index contributed by atoms with van der Waals surface area (Å²) >= 11 is 0. The molecule has 4 nitrogen and oxygen atoms in total. The van der Waals surface area contributed by atoms with Gasteiger partial charge in [0.25, 0.3) is 0 Å². The van der Waals surface area contributed by atoms with Crippen molar-refractivity contribution in [3.8, 4) is 5.75 Å². The Bertz CT molecular complexity index is 653. The fraction of sp³-hybridized carbons (Fsp3) is 0.333. The Morgan fingerprint density at radius 1 is 1.40 bits per heavy atom. The van der Waals surface area contributed by atoms with Crippen molar-refractivity contribution in [1.82, 2.24) is 4.98 Å². The molecule has 104 valence electrons. The summed E-state index contributed by atoms with van der Waals surface area (Å²) < 4.78 is 23.7. The predicted molar refractivity (Wildman–Crippen MR) is 70.9 cm³/mol. The van der Waals surface area contributed by atoms with Gasteiger partial charge in [0.1, 0.15) is 23.2 Å². The molecule has 0 amide bonds. The van der Waals surface area contributed by atoms with Crippen molar-refractivity contribution in [1.29, 1.82) is 0 Å². The molecule has 0 atom stereocenters. The molecule has 2 aromatic rings. The Morgan fingerprint density at radius 2 is 2.20 bits per heavy atom. The second-order valence-corrected chi connectivity index (χ2v) is 4.91. The molecule has 1 aliphatic carbocycles. The molecule has 0 N–H and O–H groups in total. The van der Waals surface area contributed by atoms with Crippen LogP contribution >= 0.6 is 0 Å². The topological polar surface area (TPSA) is 48.4 Å². The number of aromatic nitrogens is 1. The summed E-state index contributed by atoms with van der Waals surface area (Å²) in [5, 5.41) is 0.700.